The third kappa shape index (κ3) is 6.00. The SMILES string of the molecule is CCCc1cc(=O)[nH]c(SC(C)C(=O)Nc2cc(Cl)ccc2C(F)(F)F)n1. The van der Waals surface area contributed by atoms with E-state index in [4.69, 9.17) is 11.6 Å². The van der Waals surface area contributed by atoms with Crippen LogP contribution in [0.15, 0.2) is 34.2 Å². The summed E-state index contributed by atoms with van der Waals surface area (Å²) in [5, 5.41) is 1.75. The van der Waals surface area contributed by atoms with Gasteiger partial charge in [0.1, 0.15) is 0 Å². The van der Waals surface area contributed by atoms with Gasteiger partial charge in [0.2, 0.25) is 5.91 Å². The maximum Gasteiger partial charge on any atom is 0.418 e. The molecule has 5 nitrogen and oxygen atoms in total. The maximum absolute atomic E-state index is 13.1. The van der Waals surface area contributed by atoms with Crippen LogP contribution in [0, 0.1) is 0 Å². The number of rotatable bonds is 6. The third-order valence-corrected chi connectivity index (χ3v) is 4.70. The van der Waals surface area contributed by atoms with Gasteiger partial charge in [0.05, 0.1) is 16.5 Å². The summed E-state index contributed by atoms with van der Waals surface area (Å²) in [5.41, 5.74) is -1.18. The van der Waals surface area contributed by atoms with Gasteiger partial charge in [-0.05, 0) is 31.5 Å². The molecule has 0 spiro atoms. The predicted molar refractivity (Wildman–Crippen MR) is 99.3 cm³/mol. The number of nitrogens with zero attached hydrogens (tertiary/aromatic N) is 1. The fourth-order valence-corrected chi connectivity index (χ4v) is 3.25. The van der Waals surface area contributed by atoms with Crippen LogP contribution in [-0.4, -0.2) is 21.1 Å². The average molecular weight is 420 g/mol. The fourth-order valence-electron chi connectivity index (χ4n) is 2.25. The zero-order valence-electron chi connectivity index (χ0n) is 14.5. The number of aromatic nitrogens is 2. The zero-order valence-corrected chi connectivity index (χ0v) is 16.1. The number of hydrogen-bond donors (Lipinski definition) is 2. The first-order valence-electron chi connectivity index (χ1n) is 8.04. The van der Waals surface area contributed by atoms with Crippen molar-refractivity contribution in [2.45, 2.75) is 43.3 Å². The van der Waals surface area contributed by atoms with Gasteiger partial charge in [0, 0.05) is 16.8 Å². The van der Waals surface area contributed by atoms with Crippen molar-refractivity contribution in [2.75, 3.05) is 5.32 Å². The molecule has 10 heteroatoms. The van der Waals surface area contributed by atoms with Gasteiger partial charge in [-0.15, -0.1) is 0 Å². The molecular formula is C17H17ClF3N3O2S. The highest BCUT2D eigenvalue weighted by Gasteiger charge is 2.34. The van der Waals surface area contributed by atoms with Gasteiger partial charge in [0.15, 0.2) is 5.16 Å². The molecule has 2 aromatic rings. The van der Waals surface area contributed by atoms with E-state index in [1.165, 1.54) is 13.0 Å². The van der Waals surface area contributed by atoms with E-state index >= 15 is 0 Å². The van der Waals surface area contributed by atoms with Crippen molar-refractivity contribution >= 4 is 35.0 Å². The van der Waals surface area contributed by atoms with E-state index in [2.05, 4.69) is 15.3 Å². The second-order valence-corrected chi connectivity index (χ2v) is 7.49. The Morgan fingerprint density at radius 1 is 1.37 bits per heavy atom. The first kappa shape index (κ1) is 21.3. The smallest absolute Gasteiger partial charge is 0.324 e. The van der Waals surface area contributed by atoms with E-state index in [1.54, 1.807) is 0 Å². The Morgan fingerprint density at radius 2 is 2.07 bits per heavy atom. The van der Waals surface area contributed by atoms with Crippen LogP contribution in [0.5, 0.6) is 0 Å². The van der Waals surface area contributed by atoms with E-state index in [1.807, 2.05) is 6.92 Å². The number of anilines is 1. The average Bonchev–Trinajstić information content (AvgIpc) is 2.53. The summed E-state index contributed by atoms with van der Waals surface area (Å²) >= 11 is 6.70. The molecule has 146 valence electrons. The monoisotopic (exact) mass is 419 g/mol. The maximum atomic E-state index is 13.1. The molecule has 1 amide bonds. The number of carbonyl (C=O) groups is 1. The van der Waals surface area contributed by atoms with E-state index in [0.717, 1.165) is 36.4 Å². The highest BCUT2D eigenvalue weighted by Crippen LogP contribution is 2.36. The van der Waals surface area contributed by atoms with Gasteiger partial charge < -0.3 is 10.3 Å². The summed E-state index contributed by atoms with van der Waals surface area (Å²) < 4.78 is 39.3. The predicted octanol–water partition coefficient (Wildman–Crippen LogP) is 4.51. The second kappa shape index (κ2) is 8.79. The Kier molecular flexibility index (Phi) is 6.94. The first-order valence-corrected chi connectivity index (χ1v) is 9.30. The first-order chi connectivity index (χ1) is 12.6. The number of alkyl halides is 3. The largest absolute Gasteiger partial charge is 0.418 e. The van der Waals surface area contributed by atoms with Crippen LogP contribution in [0.25, 0.3) is 0 Å². The van der Waals surface area contributed by atoms with Crippen molar-refractivity contribution in [1.29, 1.82) is 0 Å². The van der Waals surface area contributed by atoms with Gasteiger partial charge in [-0.1, -0.05) is 36.7 Å². The van der Waals surface area contributed by atoms with Crippen LogP contribution in [-0.2, 0) is 17.4 Å². The molecule has 27 heavy (non-hydrogen) atoms. The molecule has 0 saturated carbocycles. The molecule has 2 N–H and O–H groups in total. The summed E-state index contributed by atoms with van der Waals surface area (Å²) in [7, 11) is 0. The highest BCUT2D eigenvalue weighted by molar-refractivity contribution is 8.00. The van der Waals surface area contributed by atoms with Crippen molar-refractivity contribution < 1.29 is 18.0 Å². The molecule has 1 heterocycles. The van der Waals surface area contributed by atoms with Crippen molar-refractivity contribution in [3.63, 3.8) is 0 Å². The minimum atomic E-state index is -4.63. The minimum Gasteiger partial charge on any atom is -0.324 e. The van der Waals surface area contributed by atoms with Gasteiger partial charge in [-0.2, -0.15) is 13.2 Å². The Labute approximate surface area is 162 Å². The molecule has 1 unspecified atom stereocenters. The molecule has 0 aliphatic heterocycles. The van der Waals surface area contributed by atoms with Gasteiger partial charge in [-0.25, -0.2) is 4.98 Å². The molecule has 0 radical (unpaired) electrons. The summed E-state index contributed by atoms with van der Waals surface area (Å²) in [6.45, 7) is 3.44. The lowest BCUT2D eigenvalue weighted by molar-refractivity contribution is -0.137. The lowest BCUT2D eigenvalue weighted by Crippen LogP contribution is -2.25. The van der Waals surface area contributed by atoms with E-state index in [-0.39, 0.29) is 15.7 Å². The van der Waals surface area contributed by atoms with Crippen LogP contribution in [0.1, 0.15) is 31.5 Å². The fraction of sp³-hybridized carbons (Fsp3) is 0.353. The number of benzene rings is 1. The highest BCUT2D eigenvalue weighted by atomic mass is 35.5. The van der Waals surface area contributed by atoms with Crippen molar-refractivity contribution in [3.8, 4) is 0 Å². The van der Waals surface area contributed by atoms with Crippen LogP contribution < -0.4 is 10.9 Å². The van der Waals surface area contributed by atoms with Crippen LogP contribution in [0.2, 0.25) is 5.02 Å². The van der Waals surface area contributed by atoms with Crippen LogP contribution in [0.4, 0.5) is 18.9 Å². The number of aryl methyl sites for hydroxylation is 1. The Balaban J connectivity index is 2.18. The molecule has 1 atom stereocenters. The molecule has 0 bridgehead atoms. The van der Waals surface area contributed by atoms with Gasteiger partial charge in [-0.3, -0.25) is 9.59 Å². The minimum absolute atomic E-state index is 0.0665. The molecule has 0 saturated heterocycles. The number of amides is 1. The van der Waals surface area contributed by atoms with Crippen molar-refractivity contribution in [2.24, 2.45) is 0 Å². The summed E-state index contributed by atoms with van der Waals surface area (Å²) in [4.78, 5) is 30.8. The molecule has 0 fully saturated rings. The quantitative estimate of drug-likeness (QED) is 0.533. The van der Waals surface area contributed by atoms with Gasteiger partial charge >= 0.3 is 6.18 Å². The number of aromatic amines is 1. The standard InChI is InChI=1S/C17H17ClF3N3O2S/c1-3-4-11-8-14(25)24-16(22-11)27-9(2)15(26)23-13-7-10(18)5-6-12(13)17(19,20)21/h5-9H,3-4H2,1-2H3,(H,23,26)(H,22,24,25). The molecular weight excluding hydrogens is 403 g/mol. The Morgan fingerprint density at radius 3 is 2.70 bits per heavy atom. The summed E-state index contributed by atoms with van der Waals surface area (Å²) in [6, 6.07) is 4.33. The number of H-pyrrole nitrogens is 1. The lowest BCUT2D eigenvalue weighted by Gasteiger charge is -2.16. The topological polar surface area (TPSA) is 74.8 Å². The van der Waals surface area contributed by atoms with Gasteiger partial charge in [0.25, 0.3) is 5.56 Å². The number of halogens is 4. The van der Waals surface area contributed by atoms with E-state index in [0.29, 0.717) is 12.1 Å². The van der Waals surface area contributed by atoms with Crippen LogP contribution >= 0.6 is 23.4 Å². The third-order valence-electron chi connectivity index (χ3n) is 3.48. The van der Waals surface area contributed by atoms with Crippen LogP contribution in [0.3, 0.4) is 0 Å². The van der Waals surface area contributed by atoms with E-state index < -0.39 is 28.6 Å². The summed E-state index contributed by atoms with van der Waals surface area (Å²) in [5.74, 6) is -0.670. The molecule has 2 rings (SSSR count). The molecule has 0 aliphatic carbocycles. The molecule has 1 aromatic carbocycles. The molecule has 0 aliphatic rings. The zero-order chi connectivity index (χ0) is 20.2. The normalized spacial score (nSPS) is 12.7. The number of thioether (sulfide) groups is 1. The second-order valence-electron chi connectivity index (χ2n) is 5.73. The molecule has 1 aromatic heterocycles. The Hall–Kier alpha value is -2.00. The Bertz CT molecular complexity index is 886. The number of hydrogen-bond acceptors (Lipinski definition) is 4. The number of carbonyl (C=O) groups excluding carboxylic acids is 1. The van der Waals surface area contributed by atoms with E-state index in [9.17, 15) is 22.8 Å². The lowest BCUT2D eigenvalue weighted by atomic mass is 10.1. The number of nitrogens with one attached hydrogen (secondary N) is 2. The summed E-state index contributed by atoms with van der Waals surface area (Å²) in [6.07, 6.45) is -3.23. The van der Waals surface area contributed by atoms with Crippen molar-refractivity contribution in [1.82, 2.24) is 9.97 Å². The van der Waals surface area contributed by atoms with Crippen molar-refractivity contribution in [3.05, 3.63) is 50.9 Å².